The zero-order valence-electron chi connectivity index (χ0n) is 13.3. The Balaban J connectivity index is 1.60. The number of likely N-dealkylation sites (tertiary alicyclic amines) is 1. The molecule has 2 saturated heterocycles. The van der Waals surface area contributed by atoms with E-state index < -0.39 is 10.0 Å². The lowest BCUT2D eigenvalue weighted by Gasteiger charge is -2.36. The highest BCUT2D eigenvalue weighted by Gasteiger charge is 2.36. The van der Waals surface area contributed by atoms with Crippen molar-refractivity contribution in [3.05, 3.63) is 30.3 Å². The summed E-state index contributed by atoms with van der Waals surface area (Å²) in [6.07, 6.45) is 3.18. The fourth-order valence-corrected chi connectivity index (χ4v) is 6.73. The van der Waals surface area contributed by atoms with Gasteiger partial charge in [0.1, 0.15) is 4.21 Å². The van der Waals surface area contributed by atoms with E-state index in [1.54, 1.807) is 10.4 Å². The molecule has 0 bridgehead atoms. The summed E-state index contributed by atoms with van der Waals surface area (Å²) >= 11 is 1.32. The van der Waals surface area contributed by atoms with E-state index in [1.165, 1.54) is 11.3 Å². The van der Waals surface area contributed by atoms with Crippen molar-refractivity contribution in [2.45, 2.75) is 35.9 Å². The Hall–Kier alpha value is -1.44. The lowest BCUT2D eigenvalue weighted by Crippen LogP contribution is -2.49. The molecular weight excluding hydrogens is 344 g/mol. The van der Waals surface area contributed by atoms with Gasteiger partial charge in [-0.05, 0) is 36.8 Å². The first kappa shape index (κ1) is 16.1. The first-order valence-corrected chi connectivity index (χ1v) is 10.6. The minimum Gasteiger partial charge on any atom is -0.338 e. The van der Waals surface area contributed by atoms with Crippen LogP contribution in [0.5, 0.6) is 0 Å². The predicted octanol–water partition coefficient (Wildman–Crippen LogP) is 2.68. The van der Waals surface area contributed by atoms with Crippen molar-refractivity contribution < 1.29 is 13.2 Å². The number of nitrogens with zero attached hydrogens (tertiary/aromatic N) is 2. The second-order valence-electron chi connectivity index (χ2n) is 6.45. The molecule has 24 heavy (non-hydrogen) atoms. The maximum absolute atomic E-state index is 13.0. The van der Waals surface area contributed by atoms with Gasteiger partial charge in [0.2, 0.25) is 5.91 Å². The lowest BCUT2D eigenvalue weighted by molar-refractivity contribution is -0.130. The van der Waals surface area contributed by atoms with Crippen molar-refractivity contribution in [3.63, 3.8) is 0 Å². The van der Waals surface area contributed by atoms with Crippen LogP contribution in [-0.4, -0.2) is 49.2 Å². The molecule has 128 valence electrons. The zero-order valence-corrected chi connectivity index (χ0v) is 15.0. The smallest absolute Gasteiger partial charge is 0.252 e. The van der Waals surface area contributed by atoms with Crippen molar-refractivity contribution in [1.29, 1.82) is 0 Å². The third kappa shape index (κ3) is 2.74. The van der Waals surface area contributed by atoms with Gasteiger partial charge in [0, 0.05) is 36.8 Å². The molecule has 2 aromatic rings. The summed E-state index contributed by atoms with van der Waals surface area (Å²) in [4.78, 5) is 13.9. The molecule has 1 atom stereocenters. The van der Waals surface area contributed by atoms with Crippen LogP contribution in [0.2, 0.25) is 0 Å². The van der Waals surface area contributed by atoms with Gasteiger partial charge in [0.25, 0.3) is 10.0 Å². The van der Waals surface area contributed by atoms with Crippen molar-refractivity contribution in [2.75, 3.05) is 19.6 Å². The van der Waals surface area contributed by atoms with E-state index >= 15 is 0 Å². The molecule has 5 nitrogen and oxygen atoms in total. The molecular formula is C17H20N2O3S2. The predicted molar refractivity (Wildman–Crippen MR) is 94.6 cm³/mol. The largest absolute Gasteiger partial charge is 0.338 e. The number of rotatable bonds is 3. The van der Waals surface area contributed by atoms with Gasteiger partial charge >= 0.3 is 0 Å². The highest BCUT2D eigenvalue weighted by atomic mass is 32.2. The molecule has 0 N–H and O–H groups in total. The van der Waals surface area contributed by atoms with Crippen LogP contribution in [0.1, 0.15) is 25.7 Å². The second-order valence-corrected chi connectivity index (χ2v) is 9.70. The summed E-state index contributed by atoms with van der Waals surface area (Å²) in [7, 11) is -3.49. The average Bonchev–Trinajstić information content (AvgIpc) is 3.21. The van der Waals surface area contributed by atoms with Crippen molar-refractivity contribution >= 4 is 37.4 Å². The van der Waals surface area contributed by atoms with Crippen LogP contribution < -0.4 is 0 Å². The van der Waals surface area contributed by atoms with Gasteiger partial charge in [-0.2, -0.15) is 4.31 Å². The monoisotopic (exact) mass is 364 g/mol. The van der Waals surface area contributed by atoms with Gasteiger partial charge in [0.05, 0.1) is 0 Å². The Kier molecular flexibility index (Phi) is 4.10. The van der Waals surface area contributed by atoms with Crippen LogP contribution >= 0.6 is 11.3 Å². The van der Waals surface area contributed by atoms with Gasteiger partial charge in [-0.15, -0.1) is 11.3 Å². The first-order chi connectivity index (χ1) is 11.6. The molecule has 1 aromatic carbocycles. The van der Waals surface area contributed by atoms with E-state index in [1.807, 2.05) is 29.2 Å². The summed E-state index contributed by atoms with van der Waals surface area (Å²) in [6, 6.07) is 9.51. The molecule has 0 aliphatic carbocycles. The highest BCUT2D eigenvalue weighted by Crippen LogP contribution is 2.32. The van der Waals surface area contributed by atoms with Gasteiger partial charge < -0.3 is 4.90 Å². The molecule has 0 spiro atoms. The third-order valence-electron chi connectivity index (χ3n) is 4.91. The number of hydrogen-bond donors (Lipinski definition) is 0. The molecule has 3 heterocycles. The Labute approximate surface area is 145 Å². The van der Waals surface area contributed by atoms with Crippen LogP contribution in [0.25, 0.3) is 10.1 Å². The number of sulfonamides is 1. The van der Waals surface area contributed by atoms with Gasteiger partial charge in [-0.1, -0.05) is 18.2 Å². The molecule has 1 aromatic heterocycles. The van der Waals surface area contributed by atoms with E-state index in [-0.39, 0.29) is 11.9 Å². The van der Waals surface area contributed by atoms with Crippen LogP contribution in [-0.2, 0) is 14.8 Å². The first-order valence-electron chi connectivity index (χ1n) is 8.34. The highest BCUT2D eigenvalue weighted by molar-refractivity contribution is 7.91. The van der Waals surface area contributed by atoms with E-state index in [9.17, 15) is 13.2 Å². The Bertz CT molecular complexity index is 842. The second kappa shape index (κ2) is 6.13. The number of benzene rings is 1. The normalized spacial score (nSPS) is 23.2. The van der Waals surface area contributed by atoms with Crippen LogP contribution in [0.15, 0.2) is 34.5 Å². The summed E-state index contributed by atoms with van der Waals surface area (Å²) in [5, 5.41) is 0.962. The summed E-state index contributed by atoms with van der Waals surface area (Å²) in [6.45, 7) is 1.72. The Morgan fingerprint density at radius 2 is 1.96 bits per heavy atom. The fourth-order valence-electron chi connectivity index (χ4n) is 3.66. The summed E-state index contributed by atoms with van der Waals surface area (Å²) in [5.74, 6) is 0.168. The van der Waals surface area contributed by atoms with Crippen molar-refractivity contribution in [1.82, 2.24) is 9.21 Å². The van der Waals surface area contributed by atoms with Crippen LogP contribution in [0.3, 0.4) is 0 Å². The number of carbonyl (C=O) groups is 1. The molecule has 2 fully saturated rings. The van der Waals surface area contributed by atoms with Crippen LogP contribution in [0.4, 0.5) is 0 Å². The topological polar surface area (TPSA) is 57.7 Å². The maximum Gasteiger partial charge on any atom is 0.252 e. The minimum absolute atomic E-state index is 0.0258. The Morgan fingerprint density at radius 1 is 1.12 bits per heavy atom. The molecule has 4 rings (SSSR count). The fraction of sp³-hybridized carbons (Fsp3) is 0.471. The average molecular weight is 364 g/mol. The molecule has 2 aliphatic rings. The lowest BCUT2D eigenvalue weighted by atomic mass is 10.1. The molecule has 0 saturated carbocycles. The van der Waals surface area contributed by atoms with Gasteiger partial charge in [0.15, 0.2) is 0 Å². The zero-order chi connectivity index (χ0) is 16.7. The van der Waals surface area contributed by atoms with Crippen molar-refractivity contribution in [3.8, 4) is 0 Å². The van der Waals surface area contributed by atoms with E-state index in [0.29, 0.717) is 23.7 Å². The molecule has 7 heteroatoms. The number of fused-ring (bicyclic) bond motifs is 1. The molecule has 0 radical (unpaired) electrons. The quantitative estimate of drug-likeness (QED) is 0.841. The molecule has 1 amide bonds. The Morgan fingerprint density at radius 3 is 2.71 bits per heavy atom. The standard InChI is InChI=1S/C17H20N2O3S2/c20-16-8-4-10-19(16)14-6-3-9-18(12-14)24(21,22)17-11-13-5-1-2-7-15(13)23-17/h1-2,5,7,11,14H,3-4,6,8-10,12H2/t14-/m0/s1. The van der Waals surface area contributed by atoms with Gasteiger partial charge in [-0.25, -0.2) is 8.42 Å². The van der Waals surface area contributed by atoms with Crippen LogP contribution in [0, 0.1) is 0 Å². The number of carbonyl (C=O) groups excluding carboxylic acids is 1. The van der Waals surface area contributed by atoms with E-state index in [4.69, 9.17) is 0 Å². The molecule has 0 unspecified atom stereocenters. The summed E-state index contributed by atoms with van der Waals surface area (Å²) < 4.78 is 29.0. The van der Waals surface area contributed by atoms with Crippen molar-refractivity contribution in [2.24, 2.45) is 0 Å². The van der Waals surface area contributed by atoms with Gasteiger partial charge in [-0.3, -0.25) is 4.79 Å². The van der Waals surface area contributed by atoms with E-state index in [2.05, 4.69) is 0 Å². The molecule has 2 aliphatic heterocycles. The summed E-state index contributed by atoms with van der Waals surface area (Å²) in [5.41, 5.74) is 0. The number of thiophene rings is 1. The SMILES string of the molecule is O=C1CCCN1[C@H]1CCCN(S(=O)(=O)c2cc3ccccc3s2)C1. The minimum atomic E-state index is -3.49. The number of amides is 1. The third-order valence-corrected chi connectivity index (χ3v) is 8.34. The van der Waals surface area contributed by atoms with E-state index in [0.717, 1.165) is 35.9 Å². The number of piperidine rings is 1. The number of hydrogen-bond acceptors (Lipinski definition) is 4. The maximum atomic E-state index is 13.0.